The van der Waals surface area contributed by atoms with E-state index < -0.39 is 5.92 Å². The van der Waals surface area contributed by atoms with E-state index in [-0.39, 0.29) is 18.2 Å². The van der Waals surface area contributed by atoms with Crippen molar-refractivity contribution < 1.29 is 14.3 Å². The van der Waals surface area contributed by atoms with Gasteiger partial charge >= 0.3 is 0 Å². The number of benzene rings is 2. The Bertz CT molecular complexity index is 1070. The number of methoxy groups -OCH3 is 1. The lowest BCUT2D eigenvalue weighted by Crippen LogP contribution is -2.28. The summed E-state index contributed by atoms with van der Waals surface area (Å²) in [7, 11) is 1.61. The first-order valence-electron chi connectivity index (χ1n) is 9.00. The van der Waals surface area contributed by atoms with Gasteiger partial charge in [0.1, 0.15) is 5.75 Å². The largest absolute Gasteiger partial charge is 0.497 e. The molecule has 1 aromatic heterocycles. The van der Waals surface area contributed by atoms with Gasteiger partial charge < -0.3 is 15.0 Å². The van der Waals surface area contributed by atoms with Crippen molar-refractivity contribution in [2.24, 2.45) is 5.92 Å². The molecule has 148 valence electrons. The quantitative estimate of drug-likeness (QED) is 0.652. The Morgan fingerprint density at radius 2 is 2.10 bits per heavy atom. The molecule has 8 heteroatoms. The zero-order valence-corrected chi connectivity index (χ0v) is 17.2. The van der Waals surface area contributed by atoms with Gasteiger partial charge in [0.05, 0.1) is 18.7 Å². The molecule has 0 saturated carbocycles. The molecule has 29 heavy (non-hydrogen) atoms. The van der Waals surface area contributed by atoms with Crippen LogP contribution >= 0.6 is 22.9 Å². The average Bonchev–Trinajstić information content (AvgIpc) is 3.35. The van der Waals surface area contributed by atoms with E-state index in [2.05, 4.69) is 10.3 Å². The van der Waals surface area contributed by atoms with Crippen molar-refractivity contribution in [1.82, 2.24) is 4.98 Å². The maximum atomic E-state index is 12.7. The van der Waals surface area contributed by atoms with Crippen molar-refractivity contribution >= 4 is 45.6 Å². The predicted molar refractivity (Wildman–Crippen MR) is 115 cm³/mol. The Morgan fingerprint density at radius 1 is 1.28 bits per heavy atom. The molecule has 1 N–H and O–H groups in total. The summed E-state index contributed by atoms with van der Waals surface area (Å²) in [6.07, 6.45) is 0.159. The van der Waals surface area contributed by atoms with E-state index in [1.807, 2.05) is 35.7 Å². The van der Waals surface area contributed by atoms with Crippen LogP contribution in [0.3, 0.4) is 0 Å². The smallest absolute Gasteiger partial charge is 0.231 e. The number of carbonyl (C=O) groups excluding carboxylic acids is 2. The summed E-state index contributed by atoms with van der Waals surface area (Å²) in [5.41, 5.74) is 2.36. The number of amides is 2. The molecule has 1 fully saturated rings. The second-order valence-corrected chi connectivity index (χ2v) is 7.94. The minimum Gasteiger partial charge on any atom is -0.497 e. The number of rotatable bonds is 5. The van der Waals surface area contributed by atoms with Crippen LogP contribution in [0.2, 0.25) is 5.02 Å². The molecule has 6 nitrogen and oxygen atoms in total. The maximum Gasteiger partial charge on any atom is 0.231 e. The van der Waals surface area contributed by atoms with Crippen molar-refractivity contribution in [3.05, 3.63) is 58.9 Å². The van der Waals surface area contributed by atoms with Crippen LogP contribution in [0.15, 0.2) is 53.9 Å². The third-order valence-corrected chi connectivity index (χ3v) is 5.71. The lowest BCUT2D eigenvalue weighted by Gasteiger charge is -2.16. The van der Waals surface area contributed by atoms with Gasteiger partial charge in [0.2, 0.25) is 11.8 Å². The standard InChI is InChI=1S/C21H18ClN3O3S/c1-28-17-7-2-4-13(8-17)18-12-29-21(23-18)24-20(27)14-9-19(26)25(11-14)16-6-3-5-15(22)10-16/h2-8,10,12,14H,9,11H2,1H3,(H,23,24,27)/t14-/m1/s1. The highest BCUT2D eigenvalue weighted by molar-refractivity contribution is 7.14. The highest BCUT2D eigenvalue weighted by Crippen LogP contribution is 2.30. The van der Waals surface area contributed by atoms with Crippen molar-refractivity contribution in [2.45, 2.75) is 6.42 Å². The molecule has 4 rings (SSSR count). The van der Waals surface area contributed by atoms with Crippen LogP contribution < -0.4 is 15.0 Å². The Kier molecular flexibility index (Phi) is 5.51. The molecule has 0 aliphatic carbocycles. The molecule has 2 heterocycles. The second-order valence-electron chi connectivity index (χ2n) is 6.64. The number of thiazole rings is 1. The molecule has 1 aliphatic rings. The number of halogens is 1. The van der Waals surface area contributed by atoms with E-state index in [1.54, 1.807) is 30.2 Å². The van der Waals surface area contributed by atoms with E-state index in [9.17, 15) is 9.59 Å². The summed E-state index contributed by atoms with van der Waals surface area (Å²) in [6, 6.07) is 14.6. The van der Waals surface area contributed by atoms with Crippen LogP contribution in [0.25, 0.3) is 11.3 Å². The normalized spacial score (nSPS) is 16.1. The topological polar surface area (TPSA) is 71.5 Å². The van der Waals surface area contributed by atoms with E-state index in [1.165, 1.54) is 11.3 Å². The van der Waals surface area contributed by atoms with Gasteiger partial charge in [0.15, 0.2) is 5.13 Å². The van der Waals surface area contributed by atoms with Gasteiger partial charge in [-0.25, -0.2) is 4.98 Å². The first-order chi connectivity index (χ1) is 14.0. The SMILES string of the molecule is COc1cccc(-c2csc(NC(=O)[C@@H]3CC(=O)N(c4cccc(Cl)c4)C3)n2)c1. The molecule has 2 aromatic carbocycles. The zero-order chi connectivity index (χ0) is 20.4. The molecule has 1 saturated heterocycles. The van der Waals surface area contributed by atoms with Crippen LogP contribution in [-0.2, 0) is 9.59 Å². The summed E-state index contributed by atoms with van der Waals surface area (Å²) >= 11 is 7.36. The van der Waals surface area contributed by atoms with Gasteiger partial charge in [-0.3, -0.25) is 9.59 Å². The Balaban J connectivity index is 1.44. The first kappa shape index (κ1) is 19.4. The number of aromatic nitrogens is 1. The van der Waals surface area contributed by atoms with E-state index in [4.69, 9.17) is 16.3 Å². The molecule has 3 aromatic rings. The fraction of sp³-hybridized carbons (Fsp3) is 0.190. The molecule has 0 bridgehead atoms. The molecule has 2 amide bonds. The number of hydrogen-bond acceptors (Lipinski definition) is 5. The molecular formula is C21H18ClN3O3S. The van der Waals surface area contributed by atoms with Crippen LogP contribution in [0.5, 0.6) is 5.75 Å². The first-order valence-corrected chi connectivity index (χ1v) is 10.3. The van der Waals surface area contributed by atoms with Gasteiger partial charge in [0.25, 0.3) is 0 Å². The summed E-state index contributed by atoms with van der Waals surface area (Å²) in [6.45, 7) is 0.319. The number of nitrogens with zero attached hydrogens (tertiary/aromatic N) is 2. The maximum absolute atomic E-state index is 12.7. The van der Waals surface area contributed by atoms with Crippen molar-refractivity contribution in [2.75, 3.05) is 23.9 Å². The lowest BCUT2D eigenvalue weighted by molar-refractivity contribution is -0.122. The van der Waals surface area contributed by atoms with Crippen LogP contribution in [-0.4, -0.2) is 30.5 Å². The molecule has 0 radical (unpaired) electrons. The van der Waals surface area contributed by atoms with Crippen molar-refractivity contribution in [3.8, 4) is 17.0 Å². The van der Waals surface area contributed by atoms with Crippen LogP contribution in [0.1, 0.15) is 6.42 Å². The van der Waals surface area contributed by atoms with Crippen molar-refractivity contribution in [1.29, 1.82) is 0 Å². The monoisotopic (exact) mass is 427 g/mol. The molecule has 0 spiro atoms. The zero-order valence-electron chi connectivity index (χ0n) is 15.6. The molecular weight excluding hydrogens is 410 g/mol. The van der Waals surface area contributed by atoms with Crippen molar-refractivity contribution in [3.63, 3.8) is 0 Å². The van der Waals surface area contributed by atoms with Crippen LogP contribution in [0, 0.1) is 5.92 Å². The summed E-state index contributed by atoms with van der Waals surface area (Å²) in [5, 5.41) is 5.77. The Hall–Kier alpha value is -2.90. The minimum absolute atomic E-state index is 0.0939. The van der Waals surface area contributed by atoms with Crippen LogP contribution in [0.4, 0.5) is 10.8 Å². The predicted octanol–water partition coefficient (Wildman–Crippen LogP) is 4.46. The Morgan fingerprint density at radius 3 is 2.90 bits per heavy atom. The van der Waals surface area contributed by atoms with Gasteiger partial charge in [-0.1, -0.05) is 29.8 Å². The highest BCUT2D eigenvalue weighted by Gasteiger charge is 2.35. The summed E-state index contributed by atoms with van der Waals surface area (Å²) in [4.78, 5) is 31.1. The number of anilines is 2. The highest BCUT2D eigenvalue weighted by atomic mass is 35.5. The molecule has 1 atom stereocenters. The van der Waals surface area contributed by atoms with E-state index in [0.29, 0.717) is 22.4 Å². The second kappa shape index (κ2) is 8.23. The number of ether oxygens (including phenoxy) is 1. The number of nitrogens with one attached hydrogen (secondary N) is 1. The fourth-order valence-electron chi connectivity index (χ4n) is 3.23. The number of hydrogen-bond donors (Lipinski definition) is 1. The fourth-order valence-corrected chi connectivity index (χ4v) is 4.14. The van der Waals surface area contributed by atoms with Gasteiger partial charge in [-0.15, -0.1) is 11.3 Å². The van der Waals surface area contributed by atoms with E-state index >= 15 is 0 Å². The average molecular weight is 428 g/mol. The summed E-state index contributed by atoms with van der Waals surface area (Å²) < 4.78 is 5.24. The van der Waals surface area contributed by atoms with E-state index in [0.717, 1.165) is 17.0 Å². The third-order valence-electron chi connectivity index (χ3n) is 4.72. The lowest BCUT2D eigenvalue weighted by atomic mass is 10.1. The molecule has 0 unspecified atom stereocenters. The van der Waals surface area contributed by atoms with Gasteiger partial charge in [0, 0.05) is 34.6 Å². The molecule has 1 aliphatic heterocycles. The number of carbonyl (C=O) groups is 2. The van der Waals surface area contributed by atoms with Gasteiger partial charge in [-0.05, 0) is 30.3 Å². The summed E-state index contributed by atoms with van der Waals surface area (Å²) in [5.74, 6) is -0.00430. The minimum atomic E-state index is -0.439. The Labute approximate surface area is 177 Å². The third kappa shape index (κ3) is 4.26. The van der Waals surface area contributed by atoms with Gasteiger partial charge in [-0.2, -0.15) is 0 Å².